The van der Waals surface area contributed by atoms with Crippen molar-refractivity contribution >= 4 is 11.6 Å². The summed E-state index contributed by atoms with van der Waals surface area (Å²) in [5.41, 5.74) is 1.31. The summed E-state index contributed by atoms with van der Waals surface area (Å²) in [6.07, 6.45) is 4.62. The van der Waals surface area contributed by atoms with Crippen LogP contribution in [0.4, 0.5) is 4.39 Å². The van der Waals surface area contributed by atoms with E-state index in [1.165, 1.54) is 18.6 Å². The molecule has 0 spiro atoms. The molecule has 7 heteroatoms. The first kappa shape index (κ1) is 19.1. The van der Waals surface area contributed by atoms with Crippen LogP contribution >= 0.6 is 11.6 Å². The normalized spacial score (nSPS) is 17.4. The van der Waals surface area contributed by atoms with E-state index in [0.717, 1.165) is 31.6 Å². The fourth-order valence-corrected chi connectivity index (χ4v) is 3.30. The molecule has 1 aromatic heterocycles. The lowest BCUT2D eigenvalue weighted by molar-refractivity contribution is 0.00784. The first-order valence-electron chi connectivity index (χ1n) is 9.05. The second-order valence-electron chi connectivity index (χ2n) is 6.53. The van der Waals surface area contributed by atoms with Gasteiger partial charge in [-0.05, 0) is 50.9 Å². The van der Waals surface area contributed by atoms with Crippen LogP contribution < -0.4 is 10.1 Å². The largest absolute Gasteiger partial charge is 0.473 e. The van der Waals surface area contributed by atoms with Crippen molar-refractivity contribution in [1.82, 2.24) is 15.1 Å². The smallest absolute Gasteiger partial charge is 0.212 e. The summed E-state index contributed by atoms with van der Waals surface area (Å²) in [6.45, 7) is 2.31. The van der Waals surface area contributed by atoms with Crippen molar-refractivity contribution in [2.45, 2.75) is 51.5 Å². The predicted molar refractivity (Wildman–Crippen MR) is 98.9 cm³/mol. The molecule has 0 amide bonds. The van der Waals surface area contributed by atoms with Crippen molar-refractivity contribution in [1.29, 1.82) is 0 Å². The van der Waals surface area contributed by atoms with Gasteiger partial charge in [-0.2, -0.15) is 5.10 Å². The highest BCUT2D eigenvalue weighted by molar-refractivity contribution is 6.30. The lowest BCUT2D eigenvalue weighted by Gasteiger charge is -2.22. The van der Waals surface area contributed by atoms with Gasteiger partial charge in [-0.15, -0.1) is 0 Å². The quantitative estimate of drug-likeness (QED) is 0.752. The Bertz CT molecular complexity index is 717. The van der Waals surface area contributed by atoms with Crippen LogP contribution in [0.2, 0.25) is 5.02 Å². The Morgan fingerprint density at radius 1 is 1.38 bits per heavy atom. The summed E-state index contributed by atoms with van der Waals surface area (Å²) in [5.74, 6) is 0.303. The predicted octanol–water partition coefficient (Wildman–Crippen LogP) is 3.93. The number of aryl methyl sites for hydroxylation is 1. The molecule has 0 saturated carbocycles. The lowest BCUT2D eigenvalue weighted by Crippen LogP contribution is -2.21. The molecule has 0 radical (unpaired) electrons. The number of ether oxygens (including phenoxy) is 2. The van der Waals surface area contributed by atoms with Gasteiger partial charge in [0.05, 0.1) is 11.8 Å². The van der Waals surface area contributed by atoms with Gasteiger partial charge in [0.25, 0.3) is 0 Å². The molecule has 3 rings (SSSR count). The van der Waals surface area contributed by atoms with Gasteiger partial charge in [0.2, 0.25) is 5.88 Å². The Hall–Kier alpha value is -1.63. The third-order valence-electron chi connectivity index (χ3n) is 4.47. The molecule has 142 valence electrons. The van der Waals surface area contributed by atoms with Gasteiger partial charge in [-0.3, -0.25) is 0 Å². The summed E-state index contributed by atoms with van der Waals surface area (Å²) < 4.78 is 27.4. The Labute approximate surface area is 158 Å². The second-order valence-corrected chi connectivity index (χ2v) is 6.97. The molecule has 5 nitrogen and oxygen atoms in total. The van der Waals surface area contributed by atoms with E-state index in [4.69, 9.17) is 21.1 Å². The molecule has 1 aliphatic rings. The van der Waals surface area contributed by atoms with E-state index in [1.54, 1.807) is 6.07 Å². The van der Waals surface area contributed by atoms with E-state index < -0.39 is 0 Å². The van der Waals surface area contributed by atoms with Crippen molar-refractivity contribution in [3.05, 3.63) is 46.4 Å². The van der Waals surface area contributed by atoms with E-state index in [2.05, 4.69) is 10.4 Å². The molecule has 1 aromatic carbocycles. The highest BCUT2D eigenvalue weighted by atomic mass is 35.5. The van der Waals surface area contributed by atoms with E-state index in [9.17, 15) is 4.39 Å². The second kappa shape index (κ2) is 9.35. The van der Waals surface area contributed by atoms with Gasteiger partial charge in [-0.25, -0.2) is 9.07 Å². The Morgan fingerprint density at radius 2 is 2.27 bits per heavy atom. The van der Waals surface area contributed by atoms with E-state index in [0.29, 0.717) is 29.6 Å². The molecule has 1 aliphatic heterocycles. The summed E-state index contributed by atoms with van der Waals surface area (Å²) in [4.78, 5) is 0. The molecule has 1 N–H and O–H groups in total. The minimum absolute atomic E-state index is 0.108. The number of nitrogens with zero attached hydrogens (tertiary/aromatic N) is 2. The highest BCUT2D eigenvalue weighted by Gasteiger charge is 2.16. The van der Waals surface area contributed by atoms with Crippen LogP contribution in [0, 0.1) is 5.82 Å². The maximum absolute atomic E-state index is 13.9. The number of rotatable bonds is 8. The number of hydrogen-bond acceptors (Lipinski definition) is 4. The van der Waals surface area contributed by atoms with Crippen LogP contribution in [0.5, 0.6) is 5.88 Å². The van der Waals surface area contributed by atoms with Gasteiger partial charge >= 0.3 is 0 Å². The van der Waals surface area contributed by atoms with Crippen LogP contribution in [0.1, 0.15) is 36.9 Å². The highest BCUT2D eigenvalue weighted by Crippen LogP contribution is 2.22. The Kier molecular flexibility index (Phi) is 6.88. The molecular formula is C19H25ClFN3O2. The van der Waals surface area contributed by atoms with Crippen LogP contribution in [0.3, 0.4) is 0 Å². The lowest BCUT2D eigenvalue weighted by atomic mass is 10.1. The standard InChI is InChI=1S/C19H25ClFN3O2/c1-22-12-16-11-19(26-13-14-10-15(20)5-6-18(14)21)24(23-16)8-7-17-4-2-3-9-25-17/h5-6,10-11,17,22H,2-4,7-9,12-13H2,1H3. The molecule has 2 heterocycles. The Morgan fingerprint density at radius 3 is 3.04 bits per heavy atom. The molecule has 2 aromatic rings. The first-order chi connectivity index (χ1) is 12.7. The van der Waals surface area contributed by atoms with Crippen molar-refractivity contribution in [3.8, 4) is 5.88 Å². The fourth-order valence-electron chi connectivity index (χ4n) is 3.10. The van der Waals surface area contributed by atoms with Gasteiger partial charge in [0, 0.05) is 36.3 Å². The van der Waals surface area contributed by atoms with Gasteiger partial charge in [-0.1, -0.05) is 11.6 Å². The van der Waals surface area contributed by atoms with Crippen LogP contribution in [-0.4, -0.2) is 29.5 Å². The summed E-state index contributed by atoms with van der Waals surface area (Å²) in [5, 5.41) is 8.17. The van der Waals surface area contributed by atoms with Crippen LogP contribution in [-0.2, 0) is 24.4 Å². The molecule has 0 bridgehead atoms. The van der Waals surface area contributed by atoms with Crippen molar-refractivity contribution in [3.63, 3.8) is 0 Å². The molecule has 1 unspecified atom stereocenters. The summed E-state index contributed by atoms with van der Waals surface area (Å²) in [6, 6.07) is 6.35. The third kappa shape index (κ3) is 5.19. The topological polar surface area (TPSA) is 48.3 Å². The average Bonchev–Trinajstić information content (AvgIpc) is 3.04. The third-order valence-corrected chi connectivity index (χ3v) is 4.71. The molecule has 1 atom stereocenters. The zero-order chi connectivity index (χ0) is 18.4. The van der Waals surface area contributed by atoms with E-state index in [-0.39, 0.29) is 18.5 Å². The number of aromatic nitrogens is 2. The van der Waals surface area contributed by atoms with E-state index in [1.807, 2.05) is 17.8 Å². The van der Waals surface area contributed by atoms with Crippen molar-refractivity contribution < 1.29 is 13.9 Å². The van der Waals surface area contributed by atoms with Gasteiger partial charge in [0.15, 0.2) is 0 Å². The SMILES string of the molecule is CNCc1cc(OCc2cc(Cl)ccc2F)n(CCC2CCCCO2)n1. The molecule has 26 heavy (non-hydrogen) atoms. The minimum atomic E-state index is -0.327. The molecular weight excluding hydrogens is 357 g/mol. The fraction of sp³-hybridized carbons (Fsp3) is 0.526. The number of hydrogen-bond donors (Lipinski definition) is 1. The zero-order valence-corrected chi connectivity index (χ0v) is 15.8. The molecule has 0 aliphatic carbocycles. The molecule has 1 saturated heterocycles. The van der Waals surface area contributed by atoms with Gasteiger partial charge in [0.1, 0.15) is 12.4 Å². The average molecular weight is 382 g/mol. The molecule has 1 fully saturated rings. The van der Waals surface area contributed by atoms with Crippen molar-refractivity contribution in [2.24, 2.45) is 0 Å². The first-order valence-corrected chi connectivity index (χ1v) is 9.43. The summed E-state index contributed by atoms with van der Waals surface area (Å²) in [7, 11) is 1.87. The Balaban J connectivity index is 1.66. The number of nitrogens with one attached hydrogen (secondary N) is 1. The zero-order valence-electron chi connectivity index (χ0n) is 15.0. The van der Waals surface area contributed by atoms with Crippen LogP contribution in [0.15, 0.2) is 24.3 Å². The van der Waals surface area contributed by atoms with E-state index >= 15 is 0 Å². The maximum atomic E-state index is 13.9. The minimum Gasteiger partial charge on any atom is -0.473 e. The number of benzene rings is 1. The summed E-state index contributed by atoms with van der Waals surface area (Å²) >= 11 is 5.95. The monoisotopic (exact) mass is 381 g/mol. The number of halogens is 2. The maximum Gasteiger partial charge on any atom is 0.212 e. The van der Waals surface area contributed by atoms with Gasteiger partial charge < -0.3 is 14.8 Å². The van der Waals surface area contributed by atoms with Crippen LogP contribution in [0.25, 0.3) is 0 Å². The van der Waals surface area contributed by atoms with Crippen molar-refractivity contribution in [2.75, 3.05) is 13.7 Å².